The molecule has 0 aliphatic heterocycles. The summed E-state index contributed by atoms with van der Waals surface area (Å²) in [5, 5.41) is 3.94. The zero-order valence-corrected chi connectivity index (χ0v) is 19.7. The summed E-state index contributed by atoms with van der Waals surface area (Å²) >= 11 is 12.4. The van der Waals surface area contributed by atoms with Crippen LogP contribution in [0.1, 0.15) is 11.3 Å². The first-order chi connectivity index (χ1) is 15.8. The topological polar surface area (TPSA) is 96.0 Å². The predicted molar refractivity (Wildman–Crippen MR) is 124 cm³/mol. The molecule has 0 bridgehead atoms. The van der Waals surface area contributed by atoms with E-state index in [1.54, 1.807) is 30.3 Å². The summed E-state index contributed by atoms with van der Waals surface area (Å²) in [6, 6.07) is 10.4. The fourth-order valence-electron chi connectivity index (χ4n) is 2.99. The third-order valence-electron chi connectivity index (χ3n) is 4.61. The fraction of sp³-hybridized carbons (Fsp3) is 0.261. The van der Waals surface area contributed by atoms with Crippen LogP contribution in [0.2, 0.25) is 10.0 Å². The summed E-state index contributed by atoms with van der Waals surface area (Å²) in [5.41, 5.74) is 1.97. The number of esters is 1. The SMILES string of the molecule is COc1ccc(CNC(=O)COC(=O)COc2c(Cl)cc(Cl)c3ccc(C)nc23)cc1OC. The maximum Gasteiger partial charge on any atom is 0.344 e. The number of ether oxygens (including phenoxy) is 4. The number of hydrogen-bond donors (Lipinski definition) is 1. The van der Waals surface area contributed by atoms with Crippen molar-refractivity contribution < 1.29 is 28.5 Å². The van der Waals surface area contributed by atoms with Gasteiger partial charge in [-0.2, -0.15) is 0 Å². The molecule has 10 heteroatoms. The van der Waals surface area contributed by atoms with Gasteiger partial charge in [0.05, 0.1) is 24.3 Å². The number of halogens is 2. The Morgan fingerprint density at radius 1 is 0.970 bits per heavy atom. The first kappa shape index (κ1) is 24.4. The maximum absolute atomic E-state index is 12.1. The minimum Gasteiger partial charge on any atom is -0.493 e. The van der Waals surface area contributed by atoms with Gasteiger partial charge in [0, 0.05) is 17.6 Å². The molecule has 0 aliphatic rings. The van der Waals surface area contributed by atoms with E-state index in [0.29, 0.717) is 27.4 Å². The number of pyridine rings is 1. The van der Waals surface area contributed by atoms with E-state index in [9.17, 15) is 9.59 Å². The Bertz CT molecular complexity index is 1190. The molecule has 2 aromatic carbocycles. The molecular formula is C23H22Cl2N2O6. The average molecular weight is 493 g/mol. The van der Waals surface area contributed by atoms with Crippen LogP contribution in [-0.2, 0) is 20.9 Å². The summed E-state index contributed by atoms with van der Waals surface area (Å²) < 4.78 is 20.9. The number of nitrogens with zero attached hydrogens (tertiary/aromatic N) is 1. The number of aryl methyl sites for hydroxylation is 1. The number of benzene rings is 2. The van der Waals surface area contributed by atoms with Crippen molar-refractivity contribution in [2.75, 3.05) is 27.4 Å². The van der Waals surface area contributed by atoms with E-state index in [1.807, 2.05) is 6.92 Å². The molecule has 1 heterocycles. The standard InChI is InChI=1S/C23H22Cl2N2O6/c1-13-4-6-15-16(24)9-17(25)23(22(15)27-13)33-12-21(29)32-11-20(28)26-10-14-5-7-18(30-2)19(8-14)31-3/h4-9H,10-12H2,1-3H3,(H,26,28). The Kier molecular flexibility index (Phi) is 8.19. The van der Waals surface area contributed by atoms with Gasteiger partial charge in [0.25, 0.3) is 5.91 Å². The number of aromatic nitrogens is 1. The van der Waals surface area contributed by atoms with Gasteiger partial charge in [-0.3, -0.25) is 4.79 Å². The molecule has 0 saturated carbocycles. The van der Waals surface area contributed by atoms with E-state index in [0.717, 1.165) is 11.3 Å². The fourth-order valence-corrected chi connectivity index (χ4v) is 3.56. The van der Waals surface area contributed by atoms with Gasteiger partial charge in [0.15, 0.2) is 30.5 Å². The van der Waals surface area contributed by atoms with Crippen molar-refractivity contribution in [2.45, 2.75) is 13.5 Å². The molecule has 174 valence electrons. The van der Waals surface area contributed by atoms with Crippen molar-refractivity contribution in [3.05, 3.63) is 57.7 Å². The van der Waals surface area contributed by atoms with E-state index in [4.69, 9.17) is 42.1 Å². The Balaban J connectivity index is 1.52. The second kappa shape index (κ2) is 11.1. The molecule has 0 unspecified atom stereocenters. The second-order valence-corrected chi connectivity index (χ2v) is 7.75. The van der Waals surface area contributed by atoms with Crippen molar-refractivity contribution >= 4 is 46.0 Å². The molecule has 0 aliphatic carbocycles. The largest absolute Gasteiger partial charge is 0.493 e. The lowest BCUT2D eigenvalue weighted by molar-refractivity contribution is -0.150. The highest BCUT2D eigenvalue weighted by Crippen LogP contribution is 2.37. The molecule has 8 nitrogen and oxygen atoms in total. The number of carbonyl (C=O) groups excluding carboxylic acids is 2. The predicted octanol–water partition coefficient (Wildman–Crippen LogP) is 4.11. The summed E-state index contributed by atoms with van der Waals surface area (Å²) in [6.07, 6.45) is 0. The number of rotatable bonds is 9. The molecule has 3 aromatic rings. The van der Waals surface area contributed by atoms with Crippen LogP contribution in [-0.4, -0.2) is 44.3 Å². The number of hydrogen-bond acceptors (Lipinski definition) is 7. The van der Waals surface area contributed by atoms with Crippen molar-refractivity contribution in [1.29, 1.82) is 0 Å². The van der Waals surface area contributed by atoms with Gasteiger partial charge < -0.3 is 24.3 Å². The van der Waals surface area contributed by atoms with Gasteiger partial charge in [-0.05, 0) is 42.8 Å². The van der Waals surface area contributed by atoms with Crippen LogP contribution in [0.5, 0.6) is 17.2 Å². The Morgan fingerprint density at radius 2 is 1.73 bits per heavy atom. The summed E-state index contributed by atoms with van der Waals surface area (Å²) in [7, 11) is 3.07. The van der Waals surface area contributed by atoms with Gasteiger partial charge >= 0.3 is 5.97 Å². The lowest BCUT2D eigenvalue weighted by atomic mass is 10.2. The van der Waals surface area contributed by atoms with E-state index in [1.165, 1.54) is 20.3 Å². The summed E-state index contributed by atoms with van der Waals surface area (Å²) in [4.78, 5) is 28.5. The molecule has 33 heavy (non-hydrogen) atoms. The average Bonchev–Trinajstić information content (AvgIpc) is 2.80. The zero-order valence-electron chi connectivity index (χ0n) is 18.2. The molecule has 0 spiro atoms. The van der Waals surface area contributed by atoms with Crippen molar-refractivity contribution in [1.82, 2.24) is 10.3 Å². The van der Waals surface area contributed by atoms with Gasteiger partial charge in [0.1, 0.15) is 5.52 Å². The van der Waals surface area contributed by atoms with Crippen LogP contribution in [0.25, 0.3) is 10.9 Å². The molecule has 0 radical (unpaired) electrons. The van der Waals surface area contributed by atoms with E-state index < -0.39 is 25.1 Å². The molecule has 1 aromatic heterocycles. The maximum atomic E-state index is 12.1. The minimum atomic E-state index is -0.733. The number of amides is 1. The van der Waals surface area contributed by atoms with Crippen LogP contribution in [0.15, 0.2) is 36.4 Å². The molecule has 3 rings (SSSR count). The molecular weight excluding hydrogens is 471 g/mol. The minimum absolute atomic E-state index is 0.214. The smallest absolute Gasteiger partial charge is 0.344 e. The van der Waals surface area contributed by atoms with E-state index >= 15 is 0 Å². The molecule has 0 fully saturated rings. The summed E-state index contributed by atoms with van der Waals surface area (Å²) in [5.74, 6) is 0.148. The molecule has 0 atom stereocenters. The van der Waals surface area contributed by atoms with Crippen LogP contribution in [0.3, 0.4) is 0 Å². The highest BCUT2D eigenvalue weighted by atomic mass is 35.5. The Morgan fingerprint density at radius 3 is 2.45 bits per heavy atom. The lowest BCUT2D eigenvalue weighted by Crippen LogP contribution is -2.29. The van der Waals surface area contributed by atoms with Crippen molar-refractivity contribution in [3.8, 4) is 17.2 Å². The van der Waals surface area contributed by atoms with Gasteiger partial charge in [-0.15, -0.1) is 0 Å². The van der Waals surface area contributed by atoms with Crippen LogP contribution >= 0.6 is 23.2 Å². The van der Waals surface area contributed by atoms with Crippen molar-refractivity contribution in [2.24, 2.45) is 0 Å². The number of nitrogens with one attached hydrogen (secondary N) is 1. The molecule has 0 saturated heterocycles. The van der Waals surface area contributed by atoms with Gasteiger partial charge in [-0.25, -0.2) is 9.78 Å². The summed E-state index contributed by atoms with van der Waals surface area (Å²) in [6.45, 7) is 1.13. The lowest BCUT2D eigenvalue weighted by Gasteiger charge is -2.12. The number of fused-ring (bicyclic) bond motifs is 1. The quantitative estimate of drug-likeness (QED) is 0.449. The molecule has 1 amide bonds. The monoisotopic (exact) mass is 492 g/mol. The van der Waals surface area contributed by atoms with E-state index in [2.05, 4.69) is 10.3 Å². The van der Waals surface area contributed by atoms with Gasteiger partial charge in [0.2, 0.25) is 0 Å². The highest BCUT2D eigenvalue weighted by Gasteiger charge is 2.16. The van der Waals surface area contributed by atoms with E-state index in [-0.39, 0.29) is 17.3 Å². The van der Waals surface area contributed by atoms with Crippen molar-refractivity contribution in [3.63, 3.8) is 0 Å². The Labute approximate surface area is 200 Å². The molecule has 1 N–H and O–H groups in total. The zero-order chi connectivity index (χ0) is 24.0. The Hall–Kier alpha value is -3.23. The normalized spacial score (nSPS) is 10.6. The van der Waals surface area contributed by atoms with Crippen LogP contribution < -0.4 is 19.5 Å². The first-order valence-corrected chi connectivity index (χ1v) is 10.6. The second-order valence-electron chi connectivity index (χ2n) is 6.93. The number of carbonyl (C=O) groups is 2. The first-order valence-electron chi connectivity index (χ1n) is 9.83. The van der Waals surface area contributed by atoms with Crippen LogP contribution in [0.4, 0.5) is 0 Å². The number of methoxy groups -OCH3 is 2. The van der Waals surface area contributed by atoms with Gasteiger partial charge in [-0.1, -0.05) is 29.3 Å². The third-order valence-corrected chi connectivity index (χ3v) is 5.21. The van der Waals surface area contributed by atoms with Crippen LogP contribution in [0, 0.1) is 6.92 Å². The third kappa shape index (κ3) is 6.18. The highest BCUT2D eigenvalue weighted by molar-refractivity contribution is 6.39.